The molecule has 0 bridgehead atoms. The van der Waals surface area contributed by atoms with Gasteiger partial charge < -0.3 is 14.6 Å². The fourth-order valence-corrected chi connectivity index (χ4v) is 3.45. The number of rotatable bonds is 7. The van der Waals surface area contributed by atoms with Crippen molar-refractivity contribution in [2.75, 3.05) is 19.7 Å². The Bertz CT molecular complexity index is 464. The SMILES string of the molecule is CCC(C)C(=O)OC(C)C(C)(O)C(=O)OC[C@@H]1CCN2CCC[C@@H]12. The van der Waals surface area contributed by atoms with Gasteiger partial charge in [-0.1, -0.05) is 13.8 Å². The predicted octanol–water partition coefficient (Wildman–Crippen LogP) is 1.74. The molecule has 5 atom stereocenters. The van der Waals surface area contributed by atoms with Crippen LogP contribution in [-0.2, 0) is 19.1 Å². The van der Waals surface area contributed by atoms with Crippen LogP contribution in [0.2, 0.25) is 0 Å². The first-order valence-corrected chi connectivity index (χ1v) is 9.11. The minimum absolute atomic E-state index is 0.258. The monoisotopic (exact) mass is 341 g/mol. The van der Waals surface area contributed by atoms with Gasteiger partial charge in [0.15, 0.2) is 5.60 Å². The van der Waals surface area contributed by atoms with Crippen LogP contribution in [0.4, 0.5) is 0 Å². The summed E-state index contributed by atoms with van der Waals surface area (Å²) < 4.78 is 10.6. The second-order valence-corrected chi connectivity index (χ2v) is 7.43. The van der Waals surface area contributed by atoms with Crippen molar-refractivity contribution in [3.05, 3.63) is 0 Å². The summed E-state index contributed by atoms with van der Waals surface area (Å²) in [7, 11) is 0. The molecular formula is C18H31NO5. The van der Waals surface area contributed by atoms with Crippen molar-refractivity contribution >= 4 is 11.9 Å². The van der Waals surface area contributed by atoms with E-state index in [1.54, 1.807) is 6.92 Å². The van der Waals surface area contributed by atoms with E-state index in [4.69, 9.17) is 9.47 Å². The van der Waals surface area contributed by atoms with E-state index in [1.165, 1.54) is 20.3 Å². The first kappa shape index (κ1) is 19.2. The van der Waals surface area contributed by atoms with Crippen molar-refractivity contribution in [2.45, 2.75) is 71.1 Å². The van der Waals surface area contributed by atoms with E-state index in [9.17, 15) is 14.7 Å². The third-order valence-corrected chi connectivity index (χ3v) is 5.69. The lowest BCUT2D eigenvalue weighted by Gasteiger charge is -2.29. The highest BCUT2D eigenvalue weighted by Gasteiger charge is 2.43. The normalized spacial score (nSPS) is 28.7. The summed E-state index contributed by atoms with van der Waals surface area (Å²) in [6.07, 6.45) is 3.09. The molecule has 3 unspecified atom stereocenters. The Labute approximate surface area is 144 Å². The summed E-state index contributed by atoms with van der Waals surface area (Å²) in [5.74, 6) is -1.05. The second kappa shape index (κ2) is 7.83. The van der Waals surface area contributed by atoms with Gasteiger partial charge in [0.1, 0.15) is 6.10 Å². The molecule has 0 spiro atoms. The first-order chi connectivity index (χ1) is 11.3. The molecular weight excluding hydrogens is 310 g/mol. The summed E-state index contributed by atoms with van der Waals surface area (Å²) in [6.45, 7) is 9.03. The van der Waals surface area contributed by atoms with Crippen LogP contribution in [-0.4, -0.2) is 59.4 Å². The number of nitrogens with zero attached hydrogens (tertiary/aromatic N) is 1. The molecule has 2 heterocycles. The molecule has 138 valence electrons. The van der Waals surface area contributed by atoms with Crippen molar-refractivity contribution in [3.8, 4) is 0 Å². The van der Waals surface area contributed by atoms with Gasteiger partial charge in [0.25, 0.3) is 0 Å². The van der Waals surface area contributed by atoms with Gasteiger partial charge in [0.2, 0.25) is 0 Å². The van der Waals surface area contributed by atoms with Crippen LogP contribution in [0.15, 0.2) is 0 Å². The van der Waals surface area contributed by atoms with Gasteiger partial charge >= 0.3 is 11.9 Å². The number of carbonyl (C=O) groups excluding carboxylic acids is 2. The lowest BCUT2D eigenvalue weighted by atomic mass is 9.98. The molecule has 0 saturated carbocycles. The molecule has 24 heavy (non-hydrogen) atoms. The molecule has 0 aliphatic carbocycles. The third kappa shape index (κ3) is 4.09. The fourth-order valence-electron chi connectivity index (χ4n) is 3.45. The van der Waals surface area contributed by atoms with Gasteiger partial charge in [-0.2, -0.15) is 0 Å². The van der Waals surface area contributed by atoms with E-state index >= 15 is 0 Å². The molecule has 6 heteroatoms. The molecule has 2 aliphatic rings. The first-order valence-electron chi connectivity index (χ1n) is 9.11. The summed E-state index contributed by atoms with van der Waals surface area (Å²) >= 11 is 0. The largest absolute Gasteiger partial charge is 0.463 e. The molecule has 0 aromatic heterocycles. The van der Waals surface area contributed by atoms with Gasteiger partial charge in [-0.3, -0.25) is 9.69 Å². The Balaban J connectivity index is 1.84. The maximum atomic E-state index is 12.3. The van der Waals surface area contributed by atoms with Crippen LogP contribution >= 0.6 is 0 Å². The van der Waals surface area contributed by atoms with Gasteiger partial charge in [-0.05, 0) is 52.6 Å². The van der Waals surface area contributed by atoms with Crippen molar-refractivity contribution in [1.82, 2.24) is 4.90 Å². The van der Waals surface area contributed by atoms with Crippen LogP contribution in [0, 0.1) is 11.8 Å². The molecule has 0 aromatic carbocycles. The number of aliphatic hydroxyl groups is 1. The third-order valence-electron chi connectivity index (χ3n) is 5.69. The molecule has 2 saturated heterocycles. The summed E-state index contributed by atoms with van der Waals surface area (Å²) in [4.78, 5) is 26.6. The number of hydrogen-bond acceptors (Lipinski definition) is 6. The van der Waals surface area contributed by atoms with E-state index in [0.29, 0.717) is 25.0 Å². The van der Waals surface area contributed by atoms with Crippen molar-refractivity contribution in [3.63, 3.8) is 0 Å². The van der Waals surface area contributed by atoms with E-state index in [0.717, 1.165) is 25.9 Å². The second-order valence-electron chi connectivity index (χ2n) is 7.43. The maximum absolute atomic E-state index is 12.3. The molecule has 6 nitrogen and oxygen atoms in total. The molecule has 0 aromatic rings. The number of fused-ring (bicyclic) bond motifs is 1. The molecule has 0 amide bonds. The average Bonchev–Trinajstić information content (AvgIpc) is 3.15. The quantitative estimate of drug-likeness (QED) is 0.711. The number of esters is 2. The lowest BCUT2D eigenvalue weighted by Crippen LogP contribution is -2.49. The van der Waals surface area contributed by atoms with E-state index in [1.807, 2.05) is 6.92 Å². The zero-order valence-electron chi connectivity index (χ0n) is 15.3. The smallest absolute Gasteiger partial charge is 0.341 e. The van der Waals surface area contributed by atoms with E-state index in [-0.39, 0.29) is 5.92 Å². The van der Waals surface area contributed by atoms with Crippen LogP contribution < -0.4 is 0 Å². The molecule has 2 fully saturated rings. The zero-order chi connectivity index (χ0) is 17.9. The summed E-state index contributed by atoms with van der Waals surface area (Å²) in [5.41, 5.74) is -1.84. The Morgan fingerprint density at radius 1 is 1.29 bits per heavy atom. The number of carbonyl (C=O) groups is 2. The van der Waals surface area contributed by atoms with E-state index < -0.39 is 23.6 Å². The number of ether oxygens (including phenoxy) is 2. The van der Waals surface area contributed by atoms with Crippen LogP contribution in [0.3, 0.4) is 0 Å². The summed E-state index contributed by atoms with van der Waals surface area (Å²) in [6, 6.07) is 0.503. The predicted molar refractivity (Wildman–Crippen MR) is 89.3 cm³/mol. The minimum Gasteiger partial charge on any atom is -0.463 e. The van der Waals surface area contributed by atoms with Crippen molar-refractivity contribution < 1.29 is 24.2 Å². The molecule has 2 aliphatic heterocycles. The van der Waals surface area contributed by atoms with Crippen molar-refractivity contribution in [2.24, 2.45) is 11.8 Å². The average molecular weight is 341 g/mol. The molecule has 1 N–H and O–H groups in total. The Hall–Kier alpha value is -1.14. The minimum atomic E-state index is -1.84. The standard InChI is InChI=1S/C18H31NO5/c1-5-12(2)16(20)24-13(3)18(4,22)17(21)23-11-14-8-10-19-9-6-7-15(14)19/h12-15,22H,5-11H2,1-4H3/t12?,13?,14-,15-,18?/m0/s1. The highest BCUT2D eigenvalue weighted by molar-refractivity contribution is 5.80. The Morgan fingerprint density at radius 3 is 2.67 bits per heavy atom. The molecule has 0 radical (unpaired) electrons. The topological polar surface area (TPSA) is 76.1 Å². The lowest BCUT2D eigenvalue weighted by molar-refractivity contribution is -0.186. The maximum Gasteiger partial charge on any atom is 0.341 e. The van der Waals surface area contributed by atoms with Gasteiger partial charge in [0, 0.05) is 12.0 Å². The fraction of sp³-hybridized carbons (Fsp3) is 0.889. The van der Waals surface area contributed by atoms with Crippen LogP contribution in [0.25, 0.3) is 0 Å². The Kier molecular flexibility index (Phi) is 6.26. The zero-order valence-corrected chi connectivity index (χ0v) is 15.3. The summed E-state index contributed by atoms with van der Waals surface area (Å²) in [5, 5.41) is 10.5. The van der Waals surface area contributed by atoms with Gasteiger partial charge in [-0.15, -0.1) is 0 Å². The van der Waals surface area contributed by atoms with Gasteiger partial charge in [0.05, 0.1) is 12.5 Å². The highest BCUT2D eigenvalue weighted by Crippen LogP contribution is 2.33. The molecule has 2 rings (SSSR count). The highest BCUT2D eigenvalue weighted by atomic mass is 16.6. The number of hydrogen-bond donors (Lipinski definition) is 1. The van der Waals surface area contributed by atoms with Crippen molar-refractivity contribution in [1.29, 1.82) is 0 Å². The van der Waals surface area contributed by atoms with Crippen LogP contribution in [0.5, 0.6) is 0 Å². The van der Waals surface area contributed by atoms with Gasteiger partial charge in [-0.25, -0.2) is 4.79 Å². The Morgan fingerprint density at radius 2 is 2.00 bits per heavy atom. The van der Waals surface area contributed by atoms with E-state index in [2.05, 4.69) is 4.90 Å². The van der Waals surface area contributed by atoms with Crippen LogP contribution in [0.1, 0.15) is 53.4 Å².